The largest absolute Gasteiger partial charge is 0.417 e. The van der Waals surface area contributed by atoms with Crippen LogP contribution in [0.4, 0.5) is 13.2 Å². The summed E-state index contributed by atoms with van der Waals surface area (Å²) in [5, 5.41) is 3.03. The number of aromatic nitrogens is 2. The second-order valence-corrected chi connectivity index (χ2v) is 4.45. The topological polar surface area (TPSA) is 46.9 Å². The predicted octanol–water partition coefficient (Wildman–Crippen LogP) is 2.05. The fourth-order valence-electron chi connectivity index (χ4n) is 1.79. The third-order valence-corrected chi connectivity index (χ3v) is 2.87. The van der Waals surface area contributed by atoms with Gasteiger partial charge in [-0.25, -0.2) is 0 Å². The van der Waals surface area contributed by atoms with Crippen LogP contribution in [0, 0.1) is 0 Å². The summed E-state index contributed by atoms with van der Waals surface area (Å²) in [4.78, 5) is 15.6. The summed E-state index contributed by atoms with van der Waals surface area (Å²) in [5.41, 5.74) is -0.455. The number of hydrogen-bond acceptors (Lipinski definition) is 3. The van der Waals surface area contributed by atoms with E-state index in [2.05, 4.69) is 10.3 Å². The molecule has 0 atom stereocenters. The van der Waals surface area contributed by atoms with E-state index in [9.17, 15) is 18.0 Å². The quantitative estimate of drug-likeness (QED) is 0.859. The fourth-order valence-corrected chi connectivity index (χ4v) is 1.79. The van der Waals surface area contributed by atoms with Crippen LogP contribution in [-0.2, 0) is 19.3 Å². The highest BCUT2D eigenvalue weighted by atomic mass is 19.4. The van der Waals surface area contributed by atoms with Crippen LogP contribution < -0.4 is 10.9 Å². The van der Waals surface area contributed by atoms with Gasteiger partial charge in [0.25, 0.3) is 5.56 Å². The Morgan fingerprint density at radius 3 is 2.67 bits per heavy atom. The number of rotatable bonds is 5. The molecule has 0 aliphatic rings. The highest BCUT2D eigenvalue weighted by molar-refractivity contribution is 5.13. The van der Waals surface area contributed by atoms with Gasteiger partial charge in [0, 0.05) is 38.1 Å². The first-order valence-corrected chi connectivity index (χ1v) is 6.35. The van der Waals surface area contributed by atoms with Gasteiger partial charge in [-0.15, -0.1) is 0 Å². The van der Waals surface area contributed by atoms with Gasteiger partial charge in [0.2, 0.25) is 0 Å². The maximum absolute atomic E-state index is 12.6. The molecule has 0 fully saturated rings. The number of hydrogen-bond donors (Lipinski definition) is 1. The first kappa shape index (κ1) is 15.2. The molecule has 0 bridgehead atoms. The smallest absolute Gasteiger partial charge is 0.314 e. The fraction of sp³-hybridized carbons (Fsp3) is 0.286. The van der Waals surface area contributed by atoms with Crippen LogP contribution in [0.5, 0.6) is 0 Å². The van der Waals surface area contributed by atoms with Crippen LogP contribution in [0.2, 0.25) is 0 Å². The van der Waals surface area contributed by atoms with Crippen molar-refractivity contribution < 1.29 is 13.2 Å². The van der Waals surface area contributed by atoms with E-state index < -0.39 is 17.3 Å². The molecule has 0 unspecified atom stereocenters. The summed E-state index contributed by atoms with van der Waals surface area (Å²) in [6.07, 6.45) is -1.95. The van der Waals surface area contributed by atoms with Crippen molar-refractivity contribution in [2.75, 3.05) is 6.54 Å². The van der Waals surface area contributed by atoms with Crippen LogP contribution in [0.3, 0.4) is 0 Å². The molecule has 0 saturated heterocycles. The van der Waals surface area contributed by atoms with Crippen molar-refractivity contribution in [3.63, 3.8) is 0 Å². The molecule has 112 valence electrons. The highest BCUT2D eigenvalue weighted by Gasteiger charge is 2.30. The Bertz CT molecular complexity index is 638. The van der Waals surface area contributed by atoms with Gasteiger partial charge in [-0.2, -0.15) is 13.2 Å². The van der Waals surface area contributed by atoms with Gasteiger partial charge < -0.3 is 9.88 Å². The Kier molecular flexibility index (Phi) is 4.74. The van der Waals surface area contributed by atoms with Gasteiger partial charge in [-0.05, 0) is 18.2 Å². The lowest BCUT2D eigenvalue weighted by Gasteiger charge is -2.11. The molecule has 0 aromatic carbocycles. The second kappa shape index (κ2) is 6.53. The van der Waals surface area contributed by atoms with Crippen molar-refractivity contribution in [3.05, 3.63) is 64.3 Å². The van der Waals surface area contributed by atoms with Crippen LogP contribution in [0.15, 0.2) is 47.5 Å². The van der Waals surface area contributed by atoms with E-state index in [4.69, 9.17) is 0 Å². The van der Waals surface area contributed by atoms with E-state index in [0.717, 1.165) is 28.6 Å². The van der Waals surface area contributed by atoms with Crippen molar-refractivity contribution in [1.82, 2.24) is 14.9 Å². The molecule has 0 saturated carbocycles. The van der Waals surface area contributed by atoms with Crippen LogP contribution in [0.1, 0.15) is 11.3 Å². The summed E-state index contributed by atoms with van der Waals surface area (Å²) in [5.74, 6) is 0. The summed E-state index contributed by atoms with van der Waals surface area (Å²) in [6, 6.07) is 7.21. The number of pyridine rings is 2. The van der Waals surface area contributed by atoms with Crippen LogP contribution in [0.25, 0.3) is 0 Å². The molecule has 7 heteroatoms. The number of nitrogens with zero attached hydrogens (tertiary/aromatic N) is 2. The lowest BCUT2D eigenvalue weighted by atomic mass is 10.3. The summed E-state index contributed by atoms with van der Waals surface area (Å²) in [7, 11) is 0. The number of nitrogens with one attached hydrogen (secondary N) is 1. The molecule has 1 N–H and O–H groups in total. The Labute approximate surface area is 119 Å². The third kappa shape index (κ3) is 4.42. The molecule has 0 aliphatic carbocycles. The molecule has 4 nitrogen and oxygen atoms in total. The van der Waals surface area contributed by atoms with Gasteiger partial charge in [-0.1, -0.05) is 6.07 Å². The van der Waals surface area contributed by atoms with Gasteiger partial charge >= 0.3 is 6.18 Å². The van der Waals surface area contributed by atoms with Crippen LogP contribution >= 0.6 is 0 Å². The first-order chi connectivity index (χ1) is 9.97. The van der Waals surface area contributed by atoms with Gasteiger partial charge in [0.1, 0.15) is 0 Å². The Hall–Kier alpha value is -2.15. The molecule has 2 heterocycles. The molecule has 21 heavy (non-hydrogen) atoms. The monoisotopic (exact) mass is 297 g/mol. The Morgan fingerprint density at radius 2 is 2.00 bits per heavy atom. The summed E-state index contributed by atoms with van der Waals surface area (Å²) >= 11 is 0. The van der Waals surface area contributed by atoms with E-state index in [1.54, 1.807) is 12.3 Å². The minimum atomic E-state index is -4.45. The lowest BCUT2D eigenvalue weighted by molar-refractivity contribution is -0.138. The molecule has 0 spiro atoms. The normalized spacial score (nSPS) is 11.6. The van der Waals surface area contributed by atoms with Gasteiger partial charge in [0.05, 0.1) is 11.3 Å². The minimum Gasteiger partial charge on any atom is -0.314 e. The average Bonchev–Trinajstić information content (AvgIpc) is 2.45. The van der Waals surface area contributed by atoms with Crippen LogP contribution in [-0.4, -0.2) is 16.1 Å². The number of alkyl halides is 3. The van der Waals surface area contributed by atoms with Crippen molar-refractivity contribution in [3.8, 4) is 0 Å². The molecule has 0 aliphatic heterocycles. The maximum atomic E-state index is 12.6. The molecular weight excluding hydrogens is 283 g/mol. The predicted molar refractivity (Wildman–Crippen MR) is 71.6 cm³/mol. The number of halogens is 3. The third-order valence-electron chi connectivity index (χ3n) is 2.87. The first-order valence-electron chi connectivity index (χ1n) is 6.35. The van der Waals surface area contributed by atoms with E-state index in [1.165, 1.54) is 0 Å². The van der Waals surface area contributed by atoms with Crippen molar-refractivity contribution in [2.24, 2.45) is 0 Å². The van der Waals surface area contributed by atoms with E-state index in [-0.39, 0.29) is 6.54 Å². The standard InChI is InChI=1S/C14H14F3N3O/c15-14(16,17)11-4-5-13(21)20(10-11)8-7-18-9-12-3-1-2-6-19-12/h1-6,10,18H,7-9H2. The van der Waals surface area contributed by atoms with Gasteiger partial charge in [0.15, 0.2) is 0 Å². The molecule has 2 aromatic rings. The molecule has 0 radical (unpaired) electrons. The molecule has 2 rings (SSSR count). The van der Waals surface area contributed by atoms with E-state index >= 15 is 0 Å². The Morgan fingerprint density at radius 1 is 1.19 bits per heavy atom. The molecule has 2 aromatic heterocycles. The second-order valence-electron chi connectivity index (χ2n) is 4.45. The SMILES string of the molecule is O=c1ccc(C(F)(F)F)cn1CCNCc1ccccn1. The summed E-state index contributed by atoms with van der Waals surface area (Å²) in [6.45, 7) is 1.03. The lowest BCUT2D eigenvalue weighted by Crippen LogP contribution is -2.27. The molecular formula is C14H14F3N3O. The Balaban J connectivity index is 1.92. The van der Waals surface area contributed by atoms with Crippen molar-refractivity contribution in [1.29, 1.82) is 0 Å². The van der Waals surface area contributed by atoms with Crippen molar-refractivity contribution in [2.45, 2.75) is 19.3 Å². The molecule has 0 amide bonds. The highest BCUT2D eigenvalue weighted by Crippen LogP contribution is 2.27. The minimum absolute atomic E-state index is 0.162. The average molecular weight is 297 g/mol. The maximum Gasteiger partial charge on any atom is 0.417 e. The summed E-state index contributed by atoms with van der Waals surface area (Å²) < 4.78 is 38.8. The van der Waals surface area contributed by atoms with Gasteiger partial charge in [-0.3, -0.25) is 9.78 Å². The zero-order valence-corrected chi connectivity index (χ0v) is 11.1. The van der Waals surface area contributed by atoms with E-state index in [0.29, 0.717) is 13.1 Å². The zero-order chi connectivity index (χ0) is 15.3. The van der Waals surface area contributed by atoms with E-state index in [1.807, 2.05) is 12.1 Å². The van der Waals surface area contributed by atoms with Crippen molar-refractivity contribution >= 4 is 0 Å². The zero-order valence-electron chi connectivity index (χ0n) is 11.1.